The van der Waals surface area contributed by atoms with E-state index in [0.29, 0.717) is 12.8 Å². The van der Waals surface area contributed by atoms with Crippen molar-refractivity contribution in [1.29, 1.82) is 10.5 Å². The lowest BCUT2D eigenvalue weighted by Crippen LogP contribution is -2.45. The lowest BCUT2D eigenvalue weighted by Gasteiger charge is -2.53. The third-order valence-corrected chi connectivity index (χ3v) is 4.70. The highest BCUT2D eigenvalue weighted by molar-refractivity contribution is 5.15. The molecule has 2 heteroatoms. The van der Waals surface area contributed by atoms with Gasteiger partial charge in [-0.15, -0.1) is 0 Å². The maximum Gasteiger partial charge on any atom is 0.0627 e. The van der Waals surface area contributed by atoms with Crippen molar-refractivity contribution >= 4 is 0 Å². The highest BCUT2D eigenvalue weighted by Gasteiger charge is 2.51. The standard InChI is InChI=1S/C14H18N2/c15-11-9-13-5-1-2-6-14(13,10-12-16)8-4-3-7-13/h1-2H,3-10H2/t13-,14+. The fourth-order valence-corrected chi connectivity index (χ4v) is 3.71. The summed E-state index contributed by atoms with van der Waals surface area (Å²) in [5, 5.41) is 18.2. The van der Waals surface area contributed by atoms with Gasteiger partial charge in [-0.1, -0.05) is 25.0 Å². The van der Waals surface area contributed by atoms with Gasteiger partial charge in [0.05, 0.1) is 12.1 Å². The Bertz CT molecular complexity index is 335. The van der Waals surface area contributed by atoms with Gasteiger partial charge in [-0.05, 0) is 36.5 Å². The van der Waals surface area contributed by atoms with Crippen LogP contribution >= 0.6 is 0 Å². The van der Waals surface area contributed by atoms with Crippen molar-refractivity contribution < 1.29 is 0 Å². The Kier molecular flexibility index (Phi) is 3.01. The minimum atomic E-state index is 0.102. The molecule has 0 amide bonds. The van der Waals surface area contributed by atoms with Gasteiger partial charge >= 0.3 is 0 Å². The summed E-state index contributed by atoms with van der Waals surface area (Å²) >= 11 is 0. The fraction of sp³-hybridized carbons (Fsp3) is 0.714. The summed E-state index contributed by atoms with van der Waals surface area (Å²) in [5.74, 6) is 0. The highest BCUT2D eigenvalue weighted by Crippen LogP contribution is 2.60. The predicted octanol–water partition coefficient (Wildman–Crippen LogP) is 3.71. The largest absolute Gasteiger partial charge is 0.198 e. The monoisotopic (exact) mass is 214 g/mol. The van der Waals surface area contributed by atoms with Crippen molar-refractivity contribution in [3.8, 4) is 12.1 Å². The molecule has 84 valence electrons. The Hall–Kier alpha value is -1.28. The Labute approximate surface area is 97.6 Å². The first-order valence-electron chi connectivity index (χ1n) is 6.18. The van der Waals surface area contributed by atoms with Crippen LogP contribution in [0.4, 0.5) is 0 Å². The summed E-state index contributed by atoms with van der Waals surface area (Å²) in [7, 11) is 0. The summed E-state index contributed by atoms with van der Waals surface area (Å²) < 4.78 is 0. The van der Waals surface area contributed by atoms with Crippen molar-refractivity contribution in [3.63, 3.8) is 0 Å². The molecule has 16 heavy (non-hydrogen) atoms. The van der Waals surface area contributed by atoms with Crippen LogP contribution in [0.15, 0.2) is 12.2 Å². The zero-order valence-electron chi connectivity index (χ0n) is 9.71. The average molecular weight is 214 g/mol. The van der Waals surface area contributed by atoms with Gasteiger partial charge in [0, 0.05) is 12.8 Å². The van der Waals surface area contributed by atoms with Crippen LogP contribution in [-0.2, 0) is 0 Å². The van der Waals surface area contributed by atoms with Gasteiger partial charge in [0.25, 0.3) is 0 Å². The molecule has 0 aromatic carbocycles. The maximum absolute atomic E-state index is 9.08. The summed E-state index contributed by atoms with van der Waals surface area (Å²) in [5.41, 5.74) is 0.203. The second-order valence-electron chi connectivity index (χ2n) is 5.32. The molecule has 0 aromatic heterocycles. The van der Waals surface area contributed by atoms with Crippen LogP contribution in [0.2, 0.25) is 0 Å². The second-order valence-corrected chi connectivity index (χ2v) is 5.32. The normalized spacial score (nSPS) is 37.1. The number of nitriles is 2. The third-order valence-electron chi connectivity index (χ3n) is 4.70. The van der Waals surface area contributed by atoms with Crippen molar-refractivity contribution in [2.75, 3.05) is 0 Å². The Morgan fingerprint density at radius 3 is 1.69 bits per heavy atom. The minimum absolute atomic E-state index is 0.102. The number of fused-ring (bicyclic) bond motifs is 1. The van der Waals surface area contributed by atoms with Gasteiger partial charge in [0.2, 0.25) is 0 Å². The average Bonchev–Trinajstić information content (AvgIpc) is 2.30. The molecule has 0 aliphatic heterocycles. The first kappa shape index (κ1) is 11.2. The van der Waals surface area contributed by atoms with E-state index in [9.17, 15) is 0 Å². The van der Waals surface area contributed by atoms with E-state index < -0.39 is 0 Å². The van der Waals surface area contributed by atoms with Crippen LogP contribution in [-0.4, -0.2) is 0 Å². The van der Waals surface area contributed by atoms with E-state index in [0.717, 1.165) is 25.7 Å². The van der Waals surface area contributed by atoms with Crippen molar-refractivity contribution in [2.24, 2.45) is 10.8 Å². The first-order valence-corrected chi connectivity index (χ1v) is 6.18. The van der Waals surface area contributed by atoms with E-state index in [-0.39, 0.29) is 10.8 Å². The lowest BCUT2D eigenvalue weighted by atomic mass is 9.49. The summed E-state index contributed by atoms with van der Waals surface area (Å²) in [6.45, 7) is 0. The molecule has 0 heterocycles. The summed E-state index contributed by atoms with van der Waals surface area (Å²) in [4.78, 5) is 0. The van der Waals surface area contributed by atoms with Crippen molar-refractivity contribution in [2.45, 2.75) is 51.4 Å². The number of allylic oxidation sites excluding steroid dienone is 2. The molecule has 0 bridgehead atoms. The van der Waals surface area contributed by atoms with E-state index in [1.165, 1.54) is 12.8 Å². The van der Waals surface area contributed by atoms with E-state index in [4.69, 9.17) is 10.5 Å². The molecule has 0 N–H and O–H groups in total. The maximum atomic E-state index is 9.08. The molecule has 2 nitrogen and oxygen atoms in total. The number of rotatable bonds is 2. The lowest BCUT2D eigenvalue weighted by molar-refractivity contribution is -0.0118. The Morgan fingerprint density at radius 1 is 0.875 bits per heavy atom. The molecule has 0 aromatic rings. The summed E-state index contributed by atoms with van der Waals surface area (Å²) in [6.07, 6.45) is 12.4. The van der Waals surface area contributed by atoms with E-state index in [1.807, 2.05) is 0 Å². The molecule has 2 rings (SSSR count). The molecule has 0 spiro atoms. The van der Waals surface area contributed by atoms with Crippen LogP contribution < -0.4 is 0 Å². The number of hydrogen-bond acceptors (Lipinski definition) is 2. The first-order chi connectivity index (χ1) is 7.79. The van der Waals surface area contributed by atoms with Crippen molar-refractivity contribution in [3.05, 3.63) is 12.2 Å². The van der Waals surface area contributed by atoms with Gasteiger partial charge in [-0.2, -0.15) is 10.5 Å². The molecular weight excluding hydrogens is 196 g/mol. The SMILES string of the molecule is N#CC[C@@]12CC=CC[C@]1(CC#N)CCCC2. The topological polar surface area (TPSA) is 47.6 Å². The van der Waals surface area contributed by atoms with Gasteiger partial charge in [-0.3, -0.25) is 0 Å². The Balaban J connectivity index is 2.37. The summed E-state index contributed by atoms with van der Waals surface area (Å²) in [6, 6.07) is 4.73. The molecule has 2 aliphatic rings. The van der Waals surface area contributed by atoms with Crippen LogP contribution in [0.25, 0.3) is 0 Å². The van der Waals surface area contributed by atoms with Crippen molar-refractivity contribution in [1.82, 2.24) is 0 Å². The van der Waals surface area contributed by atoms with Gasteiger partial charge in [-0.25, -0.2) is 0 Å². The van der Waals surface area contributed by atoms with E-state index in [1.54, 1.807) is 0 Å². The van der Waals surface area contributed by atoms with Crippen LogP contribution in [0.1, 0.15) is 51.4 Å². The minimum Gasteiger partial charge on any atom is -0.198 e. The molecule has 2 aliphatic carbocycles. The highest BCUT2D eigenvalue weighted by atomic mass is 14.6. The molecule has 0 radical (unpaired) electrons. The Morgan fingerprint density at radius 2 is 1.31 bits per heavy atom. The molecule has 0 unspecified atom stereocenters. The second kappa shape index (κ2) is 4.30. The smallest absolute Gasteiger partial charge is 0.0627 e. The third kappa shape index (κ3) is 1.54. The zero-order valence-corrected chi connectivity index (χ0v) is 9.71. The molecule has 0 saturated heterocycles. The van der Waals surface area contributed by atoms with Crippen LogP contribution in [0.5, 0.6) is 0 Å². The molecule has 2 atom stereocenters. The van der Waals surface area contributed by atoms with Gasteiger partial charge < -0.3 is 0 Å². The van der Waals surface area contributed by atoms with Gasteiger partial charge in [0.15, 0.2) is 0 Å². The zero-order chi connectivity index (χ0) is 11.5. The molecule has 1 saturated carbocycles. The quantitative estimate of drug-likeness (QED) is 0.658. The van der Waals surface area contributed by atoms with Crippen LogP contribution in [0, 0.1) is 33.5 Å². The van der Waals surface area contributed by atoms with Crippen LogP contribution in [0.3, 0.4) is 0 Å². The fourth-order valence-electron chi connectivity index (χ4n) is 3.71. The van der Waals surface area contributed by atoms with Gasteiger partial charge in [0.1, 0.15) is 0 Å². The predicted molar refractivity (Wildman–Crippen MR) is 62.2 cm³/mol. The molecular formula is C14H18N2. The van der Waals surface area contributed by atoms with E-state index >= 15 is 0 Å². The number of nitrogens with zero attached hydrogens (tertiary/aromatic N) is 2. The molecule has 1 fully saturated rings. The van der Waals surface area contributed by atoms with E-state index in [2.05, 4.69) is 24.3 Å². The number of hydrogen-bond donors (Lipinski definition) is 0.